The van der Waals surface area contributed by atoms with E-state index in [9.17, 15) is 19.3 Å². The van der Waals surface area contributed by atoms with Crippen molar-refractivity contribution >= 4 is 40.7 Å². The number of amides is 2. The molecule has 3 aromatic rings. The topological polar surface area (TPSA) is 124 Å². The standard InChI is InChI=1S/C22H18Cl2N4O4/c23-17-11-18(24)22(31)28(9-8-13-4-6-14(7-5-13)21(30)27-32)19(17)12-26-16-3-1-2-15(10-16)20(25)29/h1-7,10-11,26H,8-9,12H2,(H2,25,29). The number of nitrogens with two attached hydrogens (primary N) is 1. The van der Waals surface area contributed by atoms with Gasteiger partial charge in [0.25, 0.3) is 5.56 Å². The van der Waals surface area contributed by atoms with Crippen LogP contribution in [0.3, 0.4) is 0 Å². The Morgan fingerprint density at radius 2 is 1.72 bits per heavy atom. The molecule has 32 heavy (non-hydrogen) atoms. The van der Waals surface area contributed by atoms with E-state index in [1.807, 2.05) is 0 Å². The van der Waals surface area contributed by atoms with Crippen LogP contribution < -0.4 is 16.6 Å². The second-order valence-electron chi connectivity index (χ2n) is 6.89. The van der Waals surface area contributed by atoms with E-state index >= 15 is 0 Å². The number of benzene rings is 2. The first-order chi connectivity index (χ1) is 15.3. The number of nitrogens with one attached hydrogen (secondary N) is 1. The van der Waals surface area contributed by atoms with E-state index in [-0.39, 0.29) is 23.7 Å². The van der Waals surface area contributed by atoms with Gasteiger partial charge < -0.3 is 15.6 Å². The monoisotopic (exact) mass is 472 g/mol. The third-order valence-corrected chi connectivity index (χ3v) is 5.42. The number of hydrogen-bond donors (Lipinski definition) is 2. The zero-order valence-corrected chi connectivity index (χ0v) is 18.2. The van der Waals surface area contributed by atoms with Gasteiger partial charge in [0.2, 0.25) is 5.91 Å². The molecule has 0 saturated carbocycles. The third kappa shape index (κ3) is 5.40. The molecule has 2 aromatic carbocycles. The summed E-state index contributed by atoms with van der Waals surface area (Å²) in [6.07, 6.45) is 0.448. The van der Waals surface area contributed by atoms with Gasteiger partial charge in [-0.3, -0.25) is 14.4 Å². The summed E-state index contributed by atoms with van der Waals surface area (Å²) >= 11 is 12.4. The number of anilines is 1. The molecule has 3 rings (SSSR count). The number of hydrogen-bond acceptors (Lipinski definition) is 5. The molecule has 8 nitrogen and oxygen atoms in total. The van der Waals surface area contributed by atoms with Crippen molar-refractivity contribution < 1.29 is 9.59 Å². The van der Waals surface area contributed by atoms with E-state index in [1.165, 1.54) is 22.8 Å². The van der Waals surface area contributed by atoms with Crippen LogP contribution in [0.15, 0.2) is 64.6 Å². The Morgan fingerprint density at radius 3 is 2.38 bits per heavy atom. The van der Waals surface area contributed by atoms with Gasteiger partial charge in [-0.25, -0.2) is 0 Å². The van der Waals surface area contributed by atoms with E-state index in [4.69, 9.17) is 28.9 Å². The van der Waals surface area contributed by atoms with Crippen LogP contribution in [0.2, 0.25) is 10.0 Å². The SMILES string of the molecule is NC(=O)c1cccc(NCc2c(Cl)cc(Cl)c(=O)n2CCc2ccc(C(=O)N=O)cc2)c1. The average Bonchev–Trinajstić information content (AvgIpc) is 2.79. The van der Waals surface area contributed by atoms with Crippen molar-refractivity contribution in [3.8, 4) is 0 Å². The maximum Gasteiger partial charge on any atom is 0.316 e. The molecule has 0 saturated heterocycles. The molecule has 0 atom stereocenters. The zero-order chi connectivity index (χ0) is 23.3. The number of carbonyl (C=O) groups is 2. The van der Waals surface area contributed by atoms with E-state index < -0.39 is 17.4 Å². The number of primary amides is 1. The molecule has 0 bridgehead atoms. The lowest BCUT2D eigenvalue weighted by Gasteiger charge is -2.17. The average molecular weight is 473 g/mol. The van der Waals surface area contributed by atoms with Crippen molar-refractivity contribution in [2.24, 2.45) is 10.9 Å². The smallest absolute Gasteiger partial charge is 0.316 e. The molecule has 164 valence electrons. The summed E-state index contributed by atoms with van der Waals surface area (Å²) < 4.78 is 1.47. The fraction of sp³-hybridized carbons (Fsp3) is 0.136. The molecule has 0 radical (unpaired) electrons. The van der Waals surface area contributed by atoms with Crippen LogP contribution in [0.4, 0.5) is 5.69 Å². The van der Waals surface area contributed by atoms with Gasteiger partial charge in [-0.05, 0) is 48.4 Å². The van der Waals surface area contributed by atoms with Crippen molar-refractivity contribution in [2.45, 2.75) is 19.5 Å². The second kappa shape index (κ2) is 10.2. The van der Waals surface area contributed by atoms with Gasteiger partial charge >= 0.3 is 5.91 Å². The minimum atomic E-state index is -0.844. The van der Waals surface area contributed by atoms with Crippen molar-refractivity contribution in [3.63, 3.8) is 0 Å². The summed E-state index contributed by atoms with van der Waals surface area (Å²) in [5.74, 6) is -1.39. The summed E-state index contributed by atoms with van der Waals surface area (Å²) in [5, 5.41) is 5.83. The highest BCUT2D eigenvalue weighted by Gasteiger charge is 2.14. The van der Waals surface area contributed by atoms with E-state index in [0.29, 0.717) is 28.4 Å². The predicted molar refractivity (Wildman–Crippen MR) is 123 cm³/mol. The first-order valence-corrected chi connectivity index (χ1v) is 10.2. The molecule has 1 heterocycles. The molecule has 0 aliphatic carbocycles. The molecule has 0 spiro atoms. The Morgan fingerprint density at radius 1 is 1.00 bits per heavy atom. The number of nitrogens with zero attached hydrogens (tertiary/aromatic N) is 2. The van der Waals surface area contributed by atoms with Gasteiger partial charge in [0, 0.05) is 28.5 Å². The molecule has 0 fully saturated rings. The lowest BCUT2D eigenvalue weighted by molar-refractivity contribution is 0.0992. The van der Waals surface area contributed by atoms with Crippen molar-refractivity contribution in [1.82, 2.24) is 4.57 Å². The zero-order valence-electron chi connectivity index (χ0n) is 16.7. The minimum Gasteiger partial charge on any atom is -0.379 e. The van der Waals surface area contributed by atoms with E-state index in [2.05, 4.69) is 10.5 Å². The van der Waals surface area contributed by atoms with E-state index in [1.54, 1.807) is 36.4 Å². The molecular weight excluding hydrogens is 455 g/mol. The number of carbonyl (C=O) groups excluding carboxylic acids is 2. The lowest BCUT2D eigenvalue weighted by atomic mass is 10.1. The largest absolute Gasteiger partial charge is 0.379 e. The Bertz CT molecular complexity index is 1240. The van der Waals surface area contributed by atoms with Crippen molar-refractivity contribution in [2.75, 3.05) is 5.32 Å². The molecule has 1 aromatic heterocycles. The van der Waals surface area contributed by atoms with Gasteiger partial charge in [-0.1, -0.05) is 41.4 Å². The first-order valence-electron chi connectivity index (χ1n) is 9.48. The van der Waals surface area contributed by atoms with Crippen LogP contribution in [-0.2, 0) is 19.5 Å². The second-order valence-corrected chi connectivity index (χ2v) is 7.70. The predicted octanol–water partition coefficient (Wildman–Crippen LogP) is 4.02. The lowest BCUT2D eigenvalue weighted by Crippen LogP contribution is -2.26. The number of halogens is 2. The van der Waals surface area contributed by atoms with Crippen LogP contribution in [0, 0.1) is 4.91 Å². The van der Waals surface area contributed by atoms with Crippen LogP contribution in [0.5, 0.6) is 0 Å². The van der Waals surface area contributed by atoms with Gasteiger partial charge in [0.1, 0.15) is 5.02 Å². The number of pyridine rings is 1. The number of nitroso groups, excluding NO2 is 1. The Kier molecular flexibility index (Phi) is 7.40. The van der Waals surface area contributed by atoms with Gasteiger partial charge in [-0.15, -0.1) is 4.91 Å². The molecular formula is C22H18Cl2N4O4. The summed E-state index contributed by atoms with van der Waals surface area (Å²) in [6.45, 7) is 0.475. The Hall–Kier alpha value is -3.49. The van der Waals surface area contributed by atoms with Gasteiger partial charge in [-0.2, -0.15) is 0 Å². The minimum absolute atomic E-state index is 0.00697. The van der Waals surface area contributed by atoms with Crippen LogP contribution in [-0.4, -0.2) is 16.4 Å². The third-order valence-electron chi connectivity index (χ3n) is 4.82. The molecule has 0 aliphatic heterocycles. The summed E-state index contributed by atoms with van der Waals surface area (Å²) in [6, 6.07) is 14.4. The summed E-state index contributed by atoms with van der Waals surface area (Å²) in [4.78, 5) is 45.8. The van der Waals surface area contributed by atoms with Crippen LogP contribution in [0.1, 0.15) is 32.0 Å². The first kappa shape index (κ1) is 23.2. The number of aryl methyl sites for hydroxylation is 1. The Balaban J connectivity index is 1.82. The normalized spacial score (nSPS) is 10.6. The maximum absolute atomic E-state index is 12.7. The molecule has 3 N–H and O–H groups in total. The quantitative estimate of drug-likeness (QED) is 0.479. The fourth-order valence-corrected chi connectivity index (χ4v) is 3.67. The highest BCUT2D eigenvalue weighted by atomic mass is 35.5. The highest BCUT2D eigenvalue weighted by molar-refractivity contribution is 6.34. The van der Waals surface area contributed by atoms with Crippen LogP contribution >= 0.6 is 23.2 Å². The maximum atomic E-state index is 12.7. The fourth-order valence-electron chi connectivity index (χ4n) is 3.13. The molecule has 0 aliphatic rings. The molecule has 0 unspecified atom stereocenters. The number of rotatable bonds is 8. The summed E-state index contributed by atoms with van der Waals surface area (Å²) in [7, 11) is 0. The molecule has 2 amide bonds. The summed E-state index contributed by atoms with van der Waals surface area (Å²) in [5.41, 5.74) is 7.45. The Labute approximate surface area is 192 Å². The van der Waals surface area contributed by atoms with Crippen molar-refractivity contribution in [1.29, 1.82) is 0 Å². The van der Waals surface area contributed by atoms with Crippen LogP contribution in [0.25, 0.3) is 0 Å². The highest BCUT2D eigenvalue weighted by Crippen LogP contribution is 2.21. The number of aromatic nitrogens is 1. The van der Waals surface area contributed by atoms with Crippen molar-refractivity contribution in [3.05, 3.63) is 102 Å². The van der Waals surface area contributed by atoms with Gasteiger partial charge in [0.05, 0.1) is 17.3 Å². The van der Waals surface area contributed by atoms with Gasteiger partial charge in [0.15, 0.2) is 0 Å². The van der Waals surface area contributed by atoms with E-state index in [0.717, 1.165) is 5.56 Å². The molecule has 10 heteroatoms.